The van der Waals surface area contributed by atoms with E-state index in [1.54, 1.807) is 7.11 Å². The third-order valence-corrected chi connectivity index (χ3v) is 4.85. The van der Waals surface area contributed by atoms with E-state index < -0.39 is 0 Å². The summed E-state index contributed by atoms with van der Waals surface area (Å²) in [5.74, 6) is 0.830. The molecule has 0 aliphatic rings. The normalized spacial score (nSPS) is 12.3. The molecule has 0 aromatic heterocycles. The summed E-state index contributed by atoms with van der Waals surface area (Å²) in [6.45, 7) is 2.06. The largest absolute Gasteiger partial charge is 0.496 e. The number of hydrogen-bond acceptors (Lipinski definition) is 1. The topological polar surface area (TPSA) is 9.23 Å². The summed E-state index contributed by atoms with van der Waals surface area (Å²) in [6, 6.07) is 12.0. The fraction of sp³-hybridized carbons (Fsp3) is 0.200. The van der Waals surface area contributed by atoms with Gasteiger partial charge in [-0.05, 0) is 63.8 Å². The Labute approximate surface area is 135 Å². The summed E-state index contributed by atoms with van der Waals surface area (Å²) in [5, 5.41) is 0.761. The number of ether oxygens (including phenoxy) is 1. The van der Waals surface area contributed by atoms with Crippen molar-refractivity contribution in [2.45, 2.75) is 11.8 Å². The second-order valence-electron chi connectivity index (χ2n) is 4.26. The monoisotopic (exact) mass is 402 g/mol. The highest BCUT2D eigenvalue weighted by atomic mass is 79.9. The highest BCUT2D eigenvalue weighted by molar-refractivity contribution is 9.10. The van der Waals surface area contributed by atoms with E-state index in [0.29, 0.717) is 0 Å². The summed E-state index contributed by atoms with van der Waals surface area (Å²) in [5.41, 5.74) is 3.54. The fourth-order valence-electron chi connectivity index (χ4n) is 1.94. The number of methoxy groups -OCH3 is 1. The number of benzene rings is 2. The van der Waals surface area contributed by atoms with Crippen molar-refractivity contribution in [1.29, 1.82) is 0 Å². The zero-order valence-electron chi connectivity index (χ0n) is 10.6. The van der Waals surface area contributed by atoms with Crippen LogP contribution in [-0.4, -0.2) is 7.11 Å². The Morgan fingerprint density at radius 2 is 1.89 bits per heavy atom. The first-order valence-corrected chi connectivity index (χ1v) is 7.85. The molecule has 1 nitrogen and oxygen atoms in total. The Bertz CT molecular complexity index is 599. The van der Waals surface area contributed by atoms with Crippen molar-refractivity contribution in [1.82, 2.24) is 0 Å². The van der Waals surface area contributed by atoms with Crippen LogP contribution in [0.3, 0.4) is 0 Å². The maximum Gasteiger partial charge on any atom is 0.133 e. The smallest absolute Gasteiger partial charge is 0.133 e. The standard InChI is InChI=1S/C15H13Br2ClO/c1-9-7-11(18)4-5-12(9)15(17)10-3-6-14(19-2)13(16)8-10/h3-8,15H,1-2H3. The van der Waals surface area contributed by atoms with Crippen LogP contribution >= 0.6 is 43.5 Å². The number of halogens is 3. The Morgan fingerprint density at radius 1 is 1.16 bits per heavy atom. The van der Waals surface area contributed by atoms with E-state index in [-0.39, 0.29) is 4.83 Å². The molecule has 1 atom stereocenters. The highest BCUT2D eigenvalue weighted by Gasteiger charge is 2.14. The summed E-state index contributed by atoms with van der Waals surface area (Å²) in [4.78, 5) is 0.131. The minimum atomic E-state index is 0.131. The van der Waals surface area contributed by atoms with Gasteiger partial charge in [0.1, 0.15) is 5.75 Å². The molecule has 2 aromatic carbocycles. The minimum absolute atomic E-state index is 0.131. The van der Waals surface area contributed by atoms with Crippen LogP contribution in [0.2, 0.25) is 5.02 Å². The number of alkyl halides is 1. The number of hydrogen-bond donors (Lipinski definition) is 0. The molecular formula is C15H13Br2ClO. The van der Waals surface area contributed by atoms with Crippen LogP contribution in [-0.2, 0) is 0 Å². The molecule has 0 aliphatic carbocycles. The number of rotatable bonds is 3. The zero-order valence-corrected chi connectivity index (χ0v) is 14.5. The van der Waals surface area contributed by atoms with Crippen LogP contribution in [0.1, 0.15) is 21.5 Å². The molecule has 0 N–H and O–H groups in total. The summed E-state index contributed by atoms with van der Waals surface area (Å²) >= 11 is 13.2. The van der Waals surface area contributed by atoms with Gasteiger partial charge in [0.15, 0.2) is 0 Å². The third kappa shape index (κ3) is 3.33. The Hall–Kier alpha value is -0.510. The van der Waals surface area contributed by atoms with E-state index in [9.17, 15) is 0 Å². The Kier molecular flexibility index (Phi) is 4.93. The van der Waals surface area contributed by atoms with Crippen molar-refractivity contribution in [3.63, 3.8) is 0 Å². The molecule has 0 amide bonds. The lowest BCUT2D eigenvalue weighted by Crippen LogP contribution is -1.96. The van der Waals surface area contributed by atoms with Crippen LogP contribution < -0.4 is 4.74 Å². The second-order valence-corrected chi connectivity index (χ2v) is 6.46. The maximum atomic E-state index is 5.99. The van der Waals surface area contributed by atoms with Crippen molar-refractivity contribution in [3.05, 3.63) is 62.6 Å². The SMILES string of the molecule is COc1ccc(C(Br)c2ccc(Cl)cc2C)cc1Br. The zero-order chi connectivity index (χ0) is 14.0. The van der Waals surface area contributed by atoms with Crippen LogP contribution in [0, 0.1) is 6.92 Å². The lowest BCUT2D eigenvalue weighted by atomic mass is 10.0. The number of aryl methyl sites for hydroxylation is 1. The lowest BCUT2D eigenvalue weighted by molar-refractivity contribution is 0.412. The van der Waals surface area contributed by atoms with Gasteiger partial charge in [-0.1, -0.05) is 39.7 Å². The van der Waals surface area contributed by atoms with Crippen molar-refractivity contribution in [2.75, 3.05) is 7.11 Å². The molecule has 19 heavy (non-hydrogen) atoms. The van der Waals surface area contributed by atoms with Gasteiger partial charge in [-0.25, -0.2) is 0 Å². The molecule has 0 saturated heterocycles. The molecule has 0 spiro atoms. The average molecular weight is 405 g/mol. The van der Waals surface area contributed by atoms with E-state index in [0.717, 1.165) is 20.8 Å². The molecule has 2 aromatic rings. The van der Waals surface area contributed by atoms with E-state index in [4.69, 9.17) is 16.3 Å². The van der Waals surface area contributed by atoms with E-state index in [2.05, 4.69) is 57.0 Å². The van der Waals surface area contributed by atoms with Crippen molar-refractivity contribution >= 4 is 43.5 Å². The molecule has 0 aliphatic heterocycles. The van der Waals surface area contributed by atoms with Gasteiger partial charge in [0.25, 0.3) is 0 Å². The van der Waals surface area contributed by atoms with Crippen LogP contribution in [0.4, 0.5) is 0 Å². The van der Waals surface area contributed by atoms with Crippen LogP contribution in [0.15, 0.2) is 40.9 Å². The Balaban J connectivity index is 2.38. The van der Waals surface area contributed by atoms with Gasteiger partial charge in [-0.3, -0.25) is 0 Å². The summed E-state index contributed by atoms with van der Waals surface area (Å²) < 4.78 is 6.19. The van der Waals surface area contributed by atoms with Gasteiger partial charge in [0.2, 0.25) is 0 Å². The minimum Gasteiger partial charge on any atom is -0.496 e. The molecule has 0 saturated carbocycles. The molecule has 0 fully saturated rings. The summed E-state index contributed by atoms with van der Waals surface area (Å²) in [7, 11) is 1.66. The van der Waals surface area contributed by atoms with E-state index >= 15 is 0 Å². The molecular weight excluding hydrogens is 391 g/mol. The predicted molar refractivity (Wildman–Crippen MR) is 87.7 cm³/mol. The Morgan fingerprint density at radius 3 is 2.47 bits per heavy atom. The van der Waals surface area contributed by atoms with E-state index in [1.807, 2.05) is 18.2 Å². The first-order valence-electron chi connectivity index (χ1n) is 5.76. The molecule has 0 radical (unpaired) electrons. The van der Waals surface area contributed by atoms with Crippen molar-refractivity contribution < 1.29 is 4.74 Å². The molecule has 2 rings (SSSR count). The van der Waals surface area contributed by atoms with E-state index in [1.165, 1.54) is 11.1 Å². The van der Waals surface area contributed by atoms with Gasteiger partial charge >= 0.3 is 0 Å². The first kappa shape index (κ1) is 14.9. The fourth-order valence-corrected chi connectivity index (χ4v) is 3.53. The molecule has 1 unspecified atom stereocenters. The van der Waals surface area contributed by atoms with Gasteiger partial charge in [-0.2, -0.15) is 0 Å². The van der Waals surface area contributed by atoms with Gasteiger partial charge < -0.3 is 4.74 Å². The van der Waals surface area contributed by atoms with Gasteiger partial charge in [0.05, 0.1) is 16.4 Å². The summed E-state index contributed by atoms with van der Waals surface area (Å²) in [6.07, 6.45) is 0. The maximum absolute atomic E-state index is 5.99. The first-order chi connectivity index (χ1) is 9.02. The highest BCUT2D eigenvalue weighted by Crippen LogP contribution is 2.37. The van der Waals surface area contributed by atoms with Crippen LogP contribution in [0.25, 0.3) is 0 Å². The van der Waals surface area contributed by atoms with Gasteiger partial charge in [-0.15, -0.1) is 0 Å². The molecule has 0 heterocycles. The third-order valence-electron chi connectivity index (χ3n) is 2.97. The molecule has 4 heteroatoms. The second kappa shape index (κ2) is 6.29. The average Bonchev–Trinajstić information content (AvgIpc) is 2.38. The molecule has 100 valence electrons. The predicted octanol–water partition coefficient (Wildman–Crippen LogP) is 5.90. The van der Waals surface area contributed by atoms with Crippen molar-refractivity contribution in [3.8, 4) is 5.75 Å². The van der Waals surface area contributed by atoms with Gasteiger partial charge in [0, 0.05) is 5.02 Å². The van der Waals surface area contributed by atoms with Crippen molar-refractivity contribution in [2.24, 2.45) is 0 Å². The quantitative estimate of drug-likeness (QED) is 0.579. The van der Waals surface area contributed by atoms with Crippen LogP contribution in [0.5, 0.6) is 5.75 Å². The molecule has 0 bridgehead atoms. The lowest BCUT2D eigenvalue weighted by Gasteiger charge is -2.15.